The van der Waals surface area contributed by atoms with Crippen molar-refractivity contribution in [3.8, 4) is 0 Å². The number of hydrogen-bond acceptors (Lipinski definition) is 2. The first-order valence-electron chi connectivity index (χ1n) is 5.57. The van der Waals surface area contributed by atoms with Crippen molar-refractivity contribution in [2.45, 2.75) is 6.18 Å². The van der Waals surface area contributed by atoms with Gasteiger partial charge in [0, 0.05) is 22.3 Å². The maximum atomic E-state index is 12.9. The Balaban J connectivity index is 2.34. The van der Waals surface area contributed by atoms with Crippen molar-refractivity contribution in [3.63, 3.8) is 0 Å². The van der Waals surface area contributed by atoms with Crippen LogP contribution in [0.4, 0.5) is 23.2 Å². The van der Waals surface area contributed by atoms with Gasteiger partial charge in [0.1, 0.15) is 0 Å². The lowest BCUT2D eigenvalue weighted by atomic mass is 10.1. The minimum atomic E-state index is -4.63. The zero-order chi connectivity index (χ0) is 15.6. The van der Waals surface area contributed by atoms with Crippen LogP contribution in [0.1, 0.15) is 15.9 Å². The largest absolute Gasteiger partial charge is 0.418 e. The van der Waals surface area contributed by atoms with Crippen molar-refractivity contribution in [3.05, 3.63) is 58.1 Å². The minimum Gasteiger partial charge on any atom is -0.321 e. The van der Waals surface area contributed by atoms with E-state index < -0.39 is 29.3 Å². The van der Waals surface area contributed by atoms with E-state index in [1.54, 1.807) is 0 Å². The average Bonchev–Trinajstić information content (AvgIpc) is 2.39. The van der Waals surface area contributed by atoms with E-state index in [1.807, 2.05) is 0 Å². The van der Waals surface area contributed by atoms with E-state index in [4.69, 9.17) is 0 Å². The zero-order valence-electron chi connectivity index (χ0n) is 10.2. The summed E-state index contributed by atoms with van der Waals surface area (Å²) in [7, 11) is 0. The van der Waals surface area contributed by atoms with Gasteiger partial charge in [-0.2, -0.15) is 17.6 Å². The SMILES string of the molecule is O=C(Nc1ccc(Br)cc1C(F)(F)F)c1ccnc(F)c1. The molecule has 3 nitrogen and oxygen atoms in total. The molecule has 0 aliphatic heterocycles. The molecule has 1 heterocycles. The van der Waals surface area contributed by atoms with Crippen LogP contribution in [0.15, 0.2) is 41.0 Å². The van der Waals surface area contributed by atoms with Gasteiger partial charge in [0.25, 0.3) is 5.91 Å². The smallest absolute Gasteiger partial charge is 0.321 e. The number of nitrogens with one attached hydrogen (secondary N) is 1. The second-order valence-electron chi connectivity index (χ2n) is 4.01. The van der Waals surface area contributed by atoms with Gasteiger partial charge in [0.05, 0.1) is 11.3 Å². The first-order chi connectivity index (χ1) is 9.77. The molecule has 8 heteroatoms. The highest BCUT2D eigenvalue weighted by molar-refractivity contribution is 9.10. The Hall–Kier alpha value is -1.96. The second-order valence-corrected chi connectivity index (χ2v) is 4.92. The fourth-order valence-electron chi connectivity index (χ4n) is 1.60. The molecule has 21 heavy (non-hydrogen) atoms. The van der Waals surface area contributed by atoms with E-state index in [-0.39, 0.29) is 10.0 Å². The zero-order valence-corrected chi connectivity index (χ0v) is 11.8. The van der Waals surface area contributed by atoms with E-state index in [1.165, 1.54) is 12.1 Å². The number of nitrogens with zero attached hydrogens (tertiary/aromatic N) is 1. The maximum absolute atomic E-state index is 12.9. The summed E-state index contributed by atoms with van der Waals surface area (Å²) in [6.45, 7) is 0. The van der Waals surface area contributed by atoms with Gasteiger partial charge in [0.15, 0.2) is 0 Å². The van der Waals surface area contributed by atoms with Crippen molar-refractivity contribution in [2.75, 3.05) is 5.32 Å². The number of benzene rings is 1. The fraction of sp³-hybridized carbons (Fsp3) is 0.0769. The topological polar surface area (TPSA) is 42.0 Å². The maximum Gasteiger partial charge on any atom is 0.418 e. The molecule has 1 aromatic carbocycles. The molecule has 2 rings (SSSR count). The number of pyridine rings is 1. The van der Waals surface area contributed by atoms with Crippen LogP contribution < -0.4 is 5.32 Å². The third-order valence-corrected chi connectivity index (χ3v) is 3.02. The number of rotatable bonds is 2. The van der Waals surface area contributed by atoms with E-state index in [0.717, 1.165) is 24.4 Å². The number of alkyl halides is 3. The van der Waals surface area contributed by atoms with E-state index in [2.05, 4.69) is 26.2 Å². The standard InChI is InChI=1S/C13H7BrF4N2O/c14-8-1-2-10(9(6-8)13(16,17)18)20-12(21)7-3-4-19-11(15)5-7/h1-6H,(H,20,21). The van der Waals surface area contributed by atoms with Gasteiger partial charge in [-0.15, -0.1) is 0 Å². The van der Waals surface area contributed by atoms with Crippen molar-refractivity contribution < 1.29 is 22.4 Å². The highest BCUT2D eigenvalue weighted by Crippen LogP contribution is 2.36. The summed E-state index contributed by atoms with van der Waals surface area (Å²) in [5.74, 6) is -1.75. The molecule has 2 aromatic rings. The van der Waals surface area contributed by atoms with E-state index >= 15 is 0 Å². The number of aromatic nitrogens is 1. The minimum absolute atomic E-state index is 0.126. The molecule has 0 unspecified atom stereocenters. The number of carbonyl (C=O) groups is 1. The Kier molecular flexibility index (Phi) is 4.26. The summed E-state index contributed by atoms with van der Waals surface area (Å²) in [6, 6.07) is 5.36. The third-order valence-electron chi connectivity index (χ3n) is 2.52. The van der Waals surface area contributed by atoms with Crippen molar-refractivity contribution >= 4 is 27.5 Å². The van der Waals surface area contributed by atoms with Crippen LogP contribution in [0.25, 0.3) is 0 Å². The first-order valence-corrected chi connectivity index (χ1v) is 6.36. The predicted octanol–water partition coefficient (Wildman–Crippen LogP) is 4.25. The van der Waals surface area contributed by atoms with Gasteiger partial charge in [-0.1, -0.05) is 15.9 Å². The van der Waals surface area contributed by atoms with Crippen molar-refractivity contribution in [1.29, 1.82) is 0 Å². The summed E-state index contributed by atoms with van der Waals surface area (Å²) < 4.78 is 51.8. The van der Waals surface area contributed by atoms with Crippen LogP contribution >= 0.6 is 15.9 Å². The monoisotopic (exact) mass is 362 g/mol. The summed E-state index contributed by atoms with van der Waals surface area (Å²) in [4.78, 5) is 15.1. The molecule has 0 saturated heterocycles. The molecule has 0 aliphatic rings. The van der Waals surface area contributed by atoms with Crippen LogP contribution in [0.3, 0.4) is 0 Å². The molecule has 1 N–H and O–H groups in total. The Morgan fingerprint density at radius 3 is 2.52 bits per heavy atom. The normalized spacial score (nSPS) is 11.3. The second kappa shape index (κ2) is 5.80. The quantitative estimate of drug-likeness (QED) is 0.640. The number of hydrogen-bond donors (Lipinski definition) is 1. The Morgan fingerprint density at radius 1 is 1.19 bits per heavy atom. The Bertz CT molecular complexity index is 688. The van der Waals surface area contributed by atoms with Gasteiger partial charge >= 0.3 is 6.18 Å². The summed E-state index contributed by atoms with van der Waals surface area (Å²) >= 11 is 2.94. The molecular formula is C13H7BrF4N2O. The van der Waals surface area contributed by atoms with Gasteiger partial charge in [-0.3, -0.25) is 4.79 Å². The predicted molar refractivity (Wildman–Crippen MR) is 71.3 cm³/mol. The summed E-state index contributed by atoms with van der Waals surface area (Å²) in [6.07, 6.45) is -3.58. The van der Waals surface area contributed by atoms with Crippen LogP contribution in [0.5, 0.6) is 0 Å². The number of halogens is 5. The van der Waals surface area contributed by atoms with Gasteiger partial charge < -0.3 is 5.32 Å². The van der Waals surface area contributed by atoms with Crippen LogP contribution in [-0.2, 0) is 6.18 Å². The first kappa shape index (κ1) is 15.4. The van der Waals surface area contributed by atoms with Crippen LogP contribution in [0, 0.1) is 5.95 Å². The lowest BCUT2D eigenvalue weighted by Gasteiger charge is -2.14. The molecule has 0 aliphatic carbocycles. The van der Waals surface area contributed by atoms with E-state index in [0.29, 0.717) is 0 Å². The molecule has 0 saturated carbocycles. The lowest BCUT2D eigenvalue weighted by Crippen LogP contribution is -2.17. The van der Waals surface area contributed by atoms with Gasteiger partial charge in [-0.05, 0) is 24.3 Å². The average molecular weight is 363 g/mol. The molecule has 0 radical (unpaired) electrons. The molecule has 1 amide bonds. The van der Waals surface area contributed by atoms with Gasteiger partial charge in [0.2, 0.25) is 5.95 Å². The number of anilines is 1. The highest BCUT2D eigenvalue weighted by Gasteiger charge is 2.34. The van der Waals surface area contributed by atoms with Gasteiger partial charge in [-0.25, -0.2) is 4.98 Å². The number of carbonyl (C=O) groups excluding carboxylic acids is 1. The Morgan fingerprint density at radius 2 is 1.90 bits per heavy atom. The van der Waals surface area contributed by atoms with E-state index in [9.17, 15) is 22.4 Å². The highest BCUT2D eigenvalue weighted by atomic mass is 79.9. The van der Waals surface area contributed by atoms with Crippen molar-refractivity contribution in [2.24, 2.45) is 0 Å². The molecule has 0 bridgehead atoms. The molecule has 0 spiro atoms. The lowest BCUT2D eigenvalue weighted by molar-refractivity contribution is -0.136. The third kappa shape index (κ3) is 3.78. The fourth-order valence-corrected chi connectivity index (χ4v) is 1.96. The number of amides is 1. The molecule has 1 aromatic heterocycles. The summed E-state index contributed by atoms with van der Waals surface area (Å²) in [5, 5.41) is 2.11. The Labute approximate surface area is 125 Å². The molecule has 110 valence electrons. The van der Waals surface area contributed by atoms with Crippen LogP contribution in [0.2, 0.25) is 0 Å². The molecule has 0 fully saturated rings. The molecular weight excluding hydrogens is 356 g/mol. The van der Waals surface area contributed by atoms with Crippen molar-refractivity contribution in [1.82, 2.24) is 4.98 Å². The molecule has 0 atom stereocenters. The van der Waals surface area contributed by atoms with Crippen LogP contribution in [-0.4, -0.2) is 10.9 Å². The summed E-state index contributed by atoms with van der Waals surface area (Å²) in [5.41, 5.74) is -1.54.